The summed E-state index contributed by atoms with van der Waals surface area (Å²) in [5.41, 5.74) is 2.18. The summed E-state index contributed by atoms with van der Waals surface area (Å²) in [6, 6.07) is 12.0. The lowest BCUT2D eigenvalue weighted by Crippen LogP contribution is -2.44. The van der Waals surface area contributed by atoms with Crippen molar-refractivity contribution in [2.24, 2.45) is 0 Å². The second-order valence-corrected chi connectivity index (χ2v) is 8.50. The van der Waals surface area contributed by atoms with Gasteiger partial charge in [-0.2, -0.15) is 0 Å². The topological polar surface area (TPSA) is 92.9 Å². The summed E-state index contributed by atoms with van der Waals surface area (Å²) in [7, 11) is 0. The van der Waals surface area contributed by atoms with Crippen LogP contribution in [0, 0.1) is 0 Å². The molecule has 3 rings (SSSR count). The van der Waals surface area contributed by atoms with Crippen LogP contribution in [0.2, 0.25) is 0 Å². The molecule has 0 fully saturated rings. The molecule has 2 aromatic heterocycles. The Bertz CT molecular complexity index is 1040. The Hall–Kier alpha value is -2.87. The van der Waals surface area contributed by atoms with Crippen LogP contribution in [0.25, 0.3) is 16.9 Å². The van der Waals surface area contributed by atoms with Crippen LogP contribution in [-0.2, 0) is 16.0 Å². The summed E-state index contributed by atoms with van der Waals surface area (Å²) >= 11 is 3.42. The van der Waals surface area contributed by atoms with E-state index in [9.17, 15) is 14.7 Å². The molecule has 0 bridgehead atoms. The molecule has 0 aliphatic heterocycles. The van der Waals surface area contributed by atoms with E-state index in [1.165, 1.54) is 0 Å². The maximum absolute atomic E-state index is 12.1. The number of ether oxygens (including phenoxy) is 1. The van der Waals surface area contributed by atoms with Gasteiger partial charge in [0.15, 0.2) is 0 Å². The number of hydrogen-bond donors (Lipinski definition) is 2. The van der Waals surface area contributed by atoms with E-state index >= 15 is 0 Å². The van der Waals surface area contributed by atoms with Gasteiger partial charge in [-0.15, -0.1) is 0 Å². The van der Waals surface area contributed by atoms with Crippen molar-refractivity contribution >= 4 is 33.6 Å². The van der Waals surface area contributed by atoms with Gasteiger partial charge < -0.3 is 19.6 Å². The van der Waals surface area contributed by atoms with Crippen molar-refractivity contribution < 1.29 is 19.4 Å². The largest absolute Gasteiger partial charge is 0.480 e. The zero-order chi connectivity index (χ0) is 21.2. The second-order valence-electron chi connectivity index (χ2n) is 7.58. The van der Waals surface area contributed by atoms with E-state index in [1.54, 1.807) is 20.8 Å². The zero-order valence-electron chi connectivity index (χ0n) is 16.3. The molecule has 1 unspecified atom stereocenters. The monoisotopic (exact) mass is 459 g/mol. The minimum atomic E-state index is -1.17. The summed E-state index contributed by atoms with van der Waals surface area (Å²) in [6.07, 6.45) is 1.10. The molecule has 2 heterocycles. The van der Waals surface area contributed by atoms with Crippen LogP contribution in [0.4, 0.5) is 4.79 Å². The fourth-order valence-electron chi connectivity index (χ4n) is 2.92. The summed E-state index contributed by atoms with van der Waals surface area (Å²) < 4.78 is 7.98. The maximum Gasteiger partial charge on any atom is 0.408 e. The number of fused-ring (bicyclic) bond motifs is 1. The number of carboxylic acid groups (broad SMARTS) is 1. The number of nitrogens with one attached hydrogen (secondary N) is 1. The molecule has 1 atom stereocenters. The zero-order valence-corrected chi connectivity index (χ0v) is 17.9. The standard InChI is InChI=1S/C21H22BrN3O4/c1-21(2,3)29-20(28)23-15(19(26)27)12-16-18(13-7-9-14(22)10-8-13)24-17-6-4-5-11-25(16)17/h4-11,15H,12H2,1-3H3,(H,23,28)(H,26,27). The Morgan fingerprint density at radius 2 is 1.90 bits per heavy atom. The first-order chi connectivity index (χ1) is 13.6. The van der Waals surface area contributed by atoms with Gasteiger partial charge in [-0.3, -0.25) is 0 Å². The minimum absolute atomic E-state index is 0.0468. The first kappa shape index (κ1) is 20.9. The number of pyridine rings is 1. The Balaban J connectivity index is 1.98. The predicted molar refractivity (Wildman–Crippen MR) is 113 cm³/mol. The van der Waals surface area contributed by atoms with Gasteiger partial charge in [-0.1, -0.05) is 34.1 Å². The highest BCUT2D eigenvalue weighted by Crippen LogP contribution is 2.27. The highest BCUT2D eigenvalue weighted by Gasteiger charge is 2.27. The number of carbonyl (C=O) groups excluding carboxylic acids is 1. The number of hydrogen-bond acceptors (Lipinski definition) is 4. The summed E-state index contributed by atoms with van der Waals surface area (Å²) in [5.74, 6) is -1.15. The minimum Gasteiger partial charge on any atom is -0.480 e. The lowest BCUT2D eigenvalue weighted by molar-refractivity contribution is -0.139. The molecule has 0 aliphatic rings. The number of alkyl carbamates (subject to hydrolysis) is 1. The average Bonchev–Trinajstić information content (AvgIpc) is 2.99. The van der Waals surface area contributed by atoms with Gasteiger partial charge in [0.2, 0.25) is 0 Å². The lowest BCUT2D eigenvalue weighted by Gasteiger charge is -2.22. The molecule has 152 valence electrons. The Morgan fingerprint density at radius 1 is 1.21 bits per heavy atom. The van der Waals surface area contributed by atoms with Gasteiger partial charge in [0, 0.05) is 22.7 Å². The van der Waals surface area contributed by atoms with Crippen LogP contribution in [0.1, 0.15) is 26.5 Å². The molecule has 7 nitrogen and oxygen atoms in total. The first-order valence-electron chi connectivity index (χ1n) is 9.08. The van der Waals surface area contributed by atoms with Crippen molar-refractivity contribution in [3.63, 3.8) is 0 Å². The number of imidazole rings is 1. The van der Waals surface area contributed by atoms with Crippen molar-refractivity contribution in [2.45, 2.75) is 38.8 Å². The van der Waals surface area contributed by atoms with E-state index in [2.05, 4.69) is 26.2 Å². The molecule has 0 aliphatic carbocycles. The number of rotatable bonds is 5. The van der Waals surface area contributed by atoms with Crippen molar-refractivity contribution in [1.82, 2.24) is 14.7 Å². The molecule has 8 heteroatoms. The third-order valence-corrected chi connectivity index (χ3v) is 4.66. The molecular formula is C21H22BrN3O4. The van der Waals surface area contributed by atoms with Crippen LogP contribution in [0.5, 0.6) is 0 Å². The number of aromatic nitrogens is 2. The van der Waals surface area contributed by atoms with E-state index in [4.69, 9.17) is 4.74 Å². The number of benzene rings is 1. The highest BCUT2D eigenvalue weighted by atomic mass is 79.9. The molecule has 2 N–H and O–H groups in total. The fraction of sp³-hybridized carbons (Fsp3) is 0.286. The summed E-state index contributed by atoms with van der Waals surface area (Å²) in [6.45, 7) is 5.16. The Kier molecular flexibility index (Phi) is 5.93. The molecule has 1 amide bonds. The van der Waals surface area contributed by atoms with Gasteiger partial charge in [0.25, 0.3) is 0 Å². The summed E-state index contributed by atoms with van der Waals surface area (Å²) in [4.78, 5) is 28.7. The third-order valence-electron chi connectivity index (χ3n) is 4.13. The van der Waals surface area contributed by atoms with Crippen molar-refractivity contribution in [3.8, 4) is 11.3 Å². The van der Waals surface area contributed by atoms with Crippen LogP contribution in [0.15, 0.2) is 53.1 Å². The Morgan fingerprint density at radius 3 is 2.52 bits per heavy atom. The van der Waals surface area contributed by atoms with Crippen LogP contribution < -0.4 is 5.32 Å². The molecule has 0 spiro atoms. The highest BCUT2D eigenvalue weighted by molar-refractivity contribution is 9.10. The number of halogens is 1. The van der Waals surface area contributed by atoms with Crippen molar-refractivity contribution in [2.75, 3.05) is 0 Å². The van der Waals surface area contributed by atoms with Gasteiger partial charge in [-0.05, 0) is 45.0 Å². The molecule has 0 saturated heterocycles. The third kappa shape index (κ3) is 5.14. The quantitative estimate of drug-likeness (QED) is 0.593. The number of nitrogens with zero attached hydrogens (tertiary/aromatic N) is 2. The number of amides is 1. The molecule has 1 aromatic carbocycles. The number of carboxylic acids is 1. The number of aliphatic carboxylic acids is 1. The average molecular weight is 460 g/mol. The lowest BCUT2D eigenvalue weighted by atomic mass is 10.1. The van der Waals surface area contributed by atoms with Gasteiger partial charge in [0.05, 0.1) is 11.4 Å². The second kappa shape index (κ2) is 8.24. The first-order valence-corrected chi connectivity index (χ1v) is 9.87. The predicted octanol–water partition coefficient (Wildman–Crippen LogP) is 4.28. The van der Waals surface area contributed by atoms with E-state index in [1.807, 2.05) is 53.1 Å². The van der Waals surface area contributed by atoms with E-state index in [0.29, 0.717) is 17.0 Å². The van der Waals surface area contributed by atoms with Crippen molar-refractivity contribution in [3.05, 3.63) is 58.8 Å². The number of carbonyl (C=O) groups is 2. The van der Waals surface area contributed by atoms with Crippen LogP contribution in [-0.4, -0.2) is 38.2 Å². The van der Waals surface area contributed by atoms with E-state index < -0.39 is 23.7 Å². The van der Waals surface area contributed by atoms with Crippen molar-refractivity contribution in [1.29, 1.82) is 0 Å². The van der Waals surface area contributed by atoms with Gasteiger partial charge in [0.1, 0.15) is 17.3 Å². The maximum atomic E-state index is 12.1. The fourth-order valence-corrected chi connectivity index (χ4v) is 3.19. The molecular weight excluding hydrogens is 438 g/mol. The van der Waals surface area contributed by atoms with Gasteiger partial charge >= 0.3 is 12.1 Å². The normalized spacial score (nSPS) is 12.6. The Labute approximate surface area is 176 Å². The molecule has 3 aromatic rings. The summed E-state index contributed by atoms with van der Waals surface area (Å²) in [5, 5.41) is 12.1. The van der Waals surface area contributed by atoms with E-state index in [-0.39, 0.29) is 6.42 Å². The molecule has 29 heavy (non-hydrogen) atoms. The van der Waals surface area contributed by atoms with E-state index in [0.717, 1.165) is 10.0 Å². The van der Waals surface area contributed by atoms with Crippen LogP contribution >= 0.6 is 15.9 Å². The smallest absolute Gasteiger partial charge is 0.408 e. The molecule has 0 radical (unpaired) electrons. The van der Waals surface area contributed by atoms with Crippen LogP contribution in [0.3, 0.4) is 0 Å². The van der Waals surface area contributed by atoms with Gasteiger partial charge in [-0.25, -0.2) is 14.6 Å². The SMILES string of the molecule is CC(C)(C)OC(=O)NC(Cc1c(-c2ccc(Br)cc2)nc2ccccn12)C(=O)O. The molecule has 0 saturated carbocycles.